The molecule has 0 spiro atoms. The summed E-state index contributed by atoms with van der Waals surface area (Å²) in [6, 6.07) is 7.50. The highest BCUT2D eigenvalue weighted by atomic mass is 32.1. The van der Waals surface area contributed by atoms with Crippen LogP contribution in [0.3, 0.4) is 0 Å². The van der Waals surface area contributed by atoms with Crippen LogP contribution >= 0.6 is 11.3 Å². The van der Waals surface area contributed by atoms with Crippen molar-refractivity contribution in [1.29, 1.82) is 0 Å². The Hall–Kier alpha value is -2.98. The van der Waals surface area contributed by atoms with Crippen molar-refractivity contribution in [2.24, 2.45) is 0 Å². The molecule has 3 aromatic rings. The van der Waals surface area contributed by atoms with E-state index in [-0.39, 0.29) is 33.1 Å². The SMILES string of the molecule is CN(C)CCCN(C(=O)c1ccccc1[N+](=O)[O-])c1nc2c(F)cc(F)cc2s1. The van der Waals surface area contributed by atoms with E-state index in [9.17, 15) is 23.7 Å². The molecule has 2 aromatic carbocycles. The number of anilines is 1. The highest BCUT2D eigenvalue weighted by Crippen LogP contribution is 2.33. The molecule has 0 bridgehead atoms. The monoisotopic (exact) mass is 420 g/mol. The molecule has 0 saturated carbocycles. The van der Waals surface area contributed by atoms with Crippen LogP contribution in [-0.2, 0) is 0 Å². The molecule has 10 heteroatoms. The predicted molar refractivity (Wildman–Crippen MR) is 107 cm³/mol. The van der Waals surface area contributed by atoms with Crippen molar-refractivity contribution in [2.45, 2.75) is 6.42 Å². The Morgan fingerprint density at radius 1 is 1.21 bits per heavy atom. The van der Waals surface area contributed by atoms with Crippen molar-refractivity contribution in [3.63, 3.8) is 0 Å². The number of aromatic nitrogens is 1. The fourth-order valence-electron chi connectivity index (χ4n) is 2.85. The number of para-hydroxylation sites is 1. The molecule has 0 aliphatic heterocycles. The fraction of sp³-hybridized carbons (Fsp3) is 0.263. The standard InChI is InChI=1S/C19H18F2N4O3S/c1-23(2)8-5-9-24(18(26)13-6-3-4-7-15(13)25(27)28)19-22-17-14(21)10-12(20)11-16(17)29-19/h3-4,6-7,10-11H,5,8-9H2,1-2H3. The van der Waals surface area contributed by atoms with Gasteiger partial charge in [-0.25, -0.2) is 13.8 Å². The summed E-state index contributed by atoms with van der Waals surface area (Å²) in [5, 5.41) is 11.5. The van der Waals surface area contributed by atoms with E-state index in [1.165, 1.54) is 29.2 Å². The Bertz CT molecular complexity index is 1070. The molecule has 0 atom stereocenters. The van der Waals surface area contributed by atoms with Gasteiger partial charge in [0, 0.05) is 18.7 Å². The van der Waals surface area contributed by atoms with Crippen LogP contribution in [0.5, 0.6) is 0 Å². The number of hydrogen-bond donors (Lipinski definition) is 0. The fourth-order valence-corrected chi connectivity index (χ4v) is 3.88. The maximum atomic E-state index is 14.1. The van der Waals surface area contributed by atoms with Crippen LogP contribution in [0.4, 0.5) is 19.6 Å². The summed E-state index contributed by atoms with van der Waals surface area (Å²) < 4.78 is 27.9. The molecule has 0 aliphatic carbocycles. The first kappa shape index (κ1) is 20.7. The lowest BCUT2D eigenvalue weighted by Gasteiger charge is -2.21. The van der Waals surface area contributed by atoms with Gasteiger partial charge >= 0.3 is 0 Å². The number of fused-ring (bicyclic) bond motifs is 1. The average molecular weight is 420 g/mol. The second kappa shape index (κ2) is 8.58. The molecule has 152 valence electrons. The third-order valence-electron chi connectivity index (χ3n) is 4.20. The Labute approximate surface area is 169 Å². The minimum Gasteiger partial charge on any atom is -0.309 e. The van der Waals surface area contributed by atoms with Gasteiger partial charge in [0.25, 0.3) is 11.6 Å². The quantitative estimate of drug-likeness (QED) is 0.425. The van der Waals surface area contributed by atoms with Crippen molar-refractivity contribution >= 4 is 38.3 Å². The normalized spacial score (nSPS) is 11.2. The maximum Gasteiger partial charge on any atom is 0.282 e. The smallest absolute Gasteiger partial charge is 0.282 e. The van der Waals surface area contributed by atoms with Crippen molar-refractivity contribution < 1.29 is 18.5 Å². The van der Waals surface area contributed by atoms with Crippen LogP contribution in [0, 0.1) is 21.7 Å². The molecular weight excluding hydrogens is 402 g/mol. The topological polar surface area (TPSA) is 79.6 Å². The molecule has 0 fully saturated rings. The van der Waals surface area contributed by atoms with Crippen molar-refractivity contribution in [3.05, 3.63) is 63.7 Å². The van der Waals surface area contributed by atoms with Crippen LogP contribution < -0.4 is 4.90 Å². The number of hydrogen-bond acceptors (Lipinski definition) is 6. The van der Waals surface area contributed by atoms with E-state index in [1.54, 1.807) is 0 Å². The summed E-state index contributed by atoms with van der Waals surface area (Å²) >= 11 is 0.960. The maximum absolute atomic E-state index is 14.1. The Morgan fingerprint density at radius 2 is 1.93 bits per heavy atom. The first-order chi connectivity index (χ1) is 13.8. The summed E-state index contributed by atoms with van der Waals surface area (Å²) in [6.07, 6.45) is 0.562. The molecule has 29 heavy (non-hydrogen) atoms. The molecule has 1 amide bonds. The number of carbonyl (C=O) groups excluding carboxylic acids is 1. The van der Waals surface area contributed by atoms with Gasteiger partial charge in [0.05, 0.1) is 9.62 Å². The zero-order valence-corrected chi connectivity index (χ0v) is 16.6. The van der Waals surface area contributed by atoms with Gasteiger partial charge in [-0.2, -0.15) is 0 Å². The van der Waals surface area contributed by atoms with E-state index in [0.29, 0.717) is 13.0 Å². The van der Waals surface area contributed by atoms with E-state index in [2.05, 4.69) is 4.98 Å². The van der Waals surface area contributed by atoms with Gasteiger partial charge in [0.2, 0.25) is 0 Å². The first-order valence-electron chi connectivity index (χ1n) is 8.73. The molecule has 0 aliphatic rings. The largest absolute Gasteiger partial charge is 0.309 e. The van der Waals surface area contributed by atoms with Gasteiger partial charge < -0.3 is 4.90 Å². The number of carbonyl (C=O) groups is 1. The van der Waals surface area contributed by atoms with Crippen LogP contribution in [0.1, 0.15) is 16.8 Å². The van der Waals surface area contributed by atoms with Gasteiger partial charge in [-0.1, -0.05) is 23.5 Å². The zero-order valence-electron chi connectivity index (χ0n) is 15.8. The lowest BCUT2D eigenvalue weighted by atomic mass is 10.1. The molecule has 0 saturated heterocycles. The van der Waals surface area contributed by atoms with E-state index >= 15 is 0 Å². The summed E-state index contributed by atoms with van der Waals surface area (Å²) in [4.78, 5) is 31.3. The Morgan fingerprint density at radius 3 is 2.62 bits per heavy atom. The molecule has 3 rings (SSSR count). The molecule has 0 unspecified atom stereocenters. The minimum atomic E-state index is -0.825. The summed E-state index contributed by atoms with van der Waals surface area (Å²) in [6.45, 7) is 0.877. The molecule has 1 heterocycles. The van der Waals surface area contributed by atoms with E-state index < -0.39 is 22.5 Å². The number of thiazole rings is 1. The average Bonchev–Trinajstić information content (AvgIpc) is 3.08. The highest BCUT2D eigenvalue weighted by molar-refractivity contribution is 7.22. The third-order valence-corrected chi connectivity index (χ3v) is 5.22. The van der Waals surface area contributed by atoms with Gasteiger partial charge in [0.1, 0.15) is 16.9 Å². The Balaban J connectivity index is 2.04. The minimum absolute atomic E-state index is 0.0422. The second-order valence-electron chi connectivity index (χ2n) is 6.62. The van der Waals surface area contributed by atoms with E-state index in [0.717, 1.165) is 23.5 Å². The number of nitro groups is 1. The lowest BCUT2D eigenvalue weighted by molar-refractivity contribution is -0.385. The van der Waals surface area contributed by atoms with Crippen LogP contribution in [0.25, 0.3) is 10.2 Å². The van der Waals surface area contributed by atoms with Crippen LogP contribution in [0.15, 0.2) is 36.4 Å². The summed E-state index contributed by atoms with van der Waals surface area (Å²) in [5.41, 5.74) is -0.457. The van der Waals surface area contributed by atoms with E-state index in [1.807, 2.05) is 19.0 Å². The van der Waals surface area contributed by atoms with E-state index in [4.69, 9.17) is 0 Å². The van der Waals surface area contributed by atoms with Crippen molar-refractivity contribution in [3.8, 4) is 0 Å². The summed E-state index contributed by atoms with van der Waals surface area (Å²) in [7, 11) is 3.76. The first-order valence-corrected chi connectivity index (χ1v) is 9.55. The number of amides is 1. The lowest BCUT2D eigenvalue weighted by Crippen LogP contribution is -2.33. The number of nitro benzene ring substituents is 1. The molecule has 0 N–H and O–H groups in total. The van der Waals surface area contributed by atoms with Gasteiger partial charge in [-0.15, -0.1) is 0 Å². The van der Waals surface area contributed by atoms with Crippen molar-refractivity contribution in [1.82, 2.24) is 9.88 Å². The summed E-state index contributed by atoms with van der Waals surface area (Å²) in [5.74, 6) is -2.18. The van der Waals surface area contributed by atoms with Gasteiger partial charge in [-0.3, -0.25) is 19.8 Å². The number of nitrogens with zero attached hydrogens (tertiary/aromatic N) is 4. The van der Waals surface area contributed by atoms with Gasteiger partial charge in [0.15, 0.2) is 10.9 Å². The zero-order chi connectivity index (χ0) is 21.1. The molecule has 1 aromatic heterocycles. The van der Waals surface area contributed by atoms with Gasteiger partial charge in [-0.05, 0) is 39.2 Å². The van der Waals surface area contributed by atoms with Crippen molar-refractivity contribution in [2.75, 3.05) is 32.1 Å². The molecule has 0 radical (unpaired) electrons. The predicted octanol–water partition coefficient (Wildman–Crippen LogP) is 4.08. The number of benzene rings is 2. The number of rotatable bonds is 7. The highest BCUT2D eigenvalue weighted by Gasteiger charge is 2.27. The van der Waals surface area contributed by atoms with Crippen LogP contribution in [0.2, 0.25) is 0 Å². The number of halogens is 2. The second-order valence-corrected chi connectivity index (χ2v) is 7.63. The van der Waals surface area contributed by atoms with Crippen LogP contribution in [-0.4, -0.2) is 47.9 Å². The molecule has 7 nitrogen and oxygen atoms in total. The third kappa shape index (κ3) is 4.54. The Kier molecular flexibility index (Phi) is 6.14. The molecular formula is C19H18F2N4O3S.